The van der Waals surface area contributed by atoms with Crippen molar-refractivity contribution in [2.45, 2.75) is 12.5 Å². The van der Waals surface area contributed by atoms with Gasteiger partial charge in [-0.3, -0.25) is 14.6 Å². The number of Topliss-reactive ketones (excluding diaryl/α,β-unsaturated/α-hetero) is 1. The van der Waals surface area contributed by atoms with Gasteiger partial charge in [-0.2, -0.15) is 0 Å². The van der Waals surface area contributed by atoms with Crippen molar-refractivity contribution in [1.29, 1.82) is 0 Å². The fraction of sp³-hybridized carbons (Fsp3) is 0.192. The van der Waals surface area contributed by atoms with Crippen LogP contribution in [0.25, 0.3) is 6.08 Å². The number of pyridine rings is 1. The van der Waals surface area contributed by atoms with Gasteiger partial charge in [0.25, 0.3) is 0 Å². The summed E-state index contributed by atoms with van der Waals surface area (Å²) < 4.78 is 10.7. The fourth-order valence-corrected chi connectivity index (χ4v) is 3.86. The SMILES string of the molecule is COc1ccc(C2C(=O)/C(=C\c3ccccn3)CN(Cc3ccccc3)C2=O)cc1OC. The molecule has 1 aliphatic rings. The third-order valence-electron chi connectivity index (χ3n) is 5.47. The largest absolute Gasteiger partial charge is 0.493 e. The van der Waals surface area contributed by atoms with E-state index < -0.39 is 5.92 Å². The van der Waals surface area contributed by atoms with Crippen molar-refractivity contribution in [3.8, 4) is 11.5 Å². The molecule has 0 N–H and O–H groups in total. The van der Waals surface area contributed by atoms with Crippen molar-refractivity contribution in [2.75, 3.05) is 20.8 Å². The third kappa shape index (κ3) is 4.39. The van der Waals surface area contributed by atoms with E-state index in [-0.39, 0.29) is 18.2 Å². The fourth-order valence-electron chi connectivity index (χ4n) is 3.86. The van der Waals surface area contributed by atoms with E-state index in [2.05, 4.69) is 4.98 Å². The van der Waals surface area contributed by atoms with Crippen LogP contribution >= 0.6 is 0 Å². The second kappa shape index (κ2) is 9.47. The highest BCUT2D eigenvalue weighted by molar-refractivity contribution is 6.18. The lowest BCUT2D eigenvalue weighted by atomic mass is 9.85. The standard InChI is InChI=1S/C26H24N2O4/c1-31-22-12-11-19(15-23(22)32-2)24-25(29)20(14-21-10-6-7-13-27-21)17-28(26(24)30)16-18-8-4-3-5-9-18/h3-15,24H,16-17H2,1-2H3/b20-14-. The van der Waals surface area contributed by atoms with Crippen LogP contribution in [0.4, 0.5) is 0 Å². The van der Waals surface area contributed by atoms with Crippen LogP contribution in [0.1, 0.15) is 22.7 Å². The monoisotopic (exact) mass is 428 g/mol. The van der Waals surface area contributed by atoms with Crippen LogP contribution < -0.4 is 9.47 Å². The van der Waals surface area contributed by atoms with Gasteiger partial charge in [-0.05, 0) is 41.5 Å². The number of hydrogen-bond donors (Lipinski definition) is 0. The van der Waals surface area contributed by atoms with Gasteiger partial charge < -0.3 is 14.4 Å². The van der Waals surface area contributed by atoms with Crippen molar-refractivity contribution in [2.24, 2.45) is 0 Å². The Bertz CT molecular complexity index is 1140. The molecule has 1 amide bonds. The topological polar surface area (TPSA) is 68.7 Å². The summed E-state index contributed by atoms with van der Waals surface area (Å²) in [6.07, 6.45) is 3.44. The number of carbonyl (C=O) groups is 2. The summed E-state index contributed by atoms with van der Waals surface area (Å²) in [5.74, 6) is -0.401. The highest BCUT2D eigenvalue weighted by Crippen LogP contribution is 2.35. The van der Waals surface area contributed by atoms with Gasteiger partial charge in [0.05, 0.1) is 19.9 Å². The minimum Gasteiger partial charge on any atom is -0.493 e. The zero-order chi connectivity index (χ0) is 22.5. The number of amides is 1. The number of hydrogen-bond acceptors (Lipinski definition) is 5. The van der Waals surface area contributed by atoms with E-state index in [1.54, 1.807) is 42.5 Å². The Labute approximate surface area is 187 Å². The molecule has 1 aliphatic heterocycles. The normalized spacial score (nSPS) is 17.5. The Morgan fingerprint density at radius 1 is 0.969 bits per heavy atom. The molecule has 6 nitrogen and oxygen atoms in total. The van der Waals surface area contributed by atoms with E-state index in [1.165, 1.54) is 7.11 Å². The second-order valence-electron chi connectivity index (χ2n) is 7.52. The third-order valence-corrected chi connectivity index (χ3v) is 5.47. The highest BCUT2D eigenvalue weighted by atomic mass is 16.5. The van der Waals surface area contributed by atoms with Crippen LogP contribution in [0.3, 0.4) is 0 Å². The number of ketones is 1. The molecule has 1 atom stereocenters. The van der Waals surface area contributed by atoms with Gasteiger partial charge >= 0.3 is 0 Å². The van der Waals surface area contributed by atoms with E-state index in [1.807, 2.05) is 48.5 Å². The van der Waals surface area contributed by atoms with Gasteiger partial charge in [0, 0.05) is 24.9 Å². The number of ether oxygens (including phenoxy) is 2. The number of aromatic nitrogens is 1. The maximum Gasteiger partial charge on any atom is 0.238 e. The molecule has 0 spiro atoms. The molecule has 1 aromatic heterocycles. The van der Waals surface area contributed by atoms with Gasteiger partial charge in [0.2, 0.25) is 5.91 Å². The predicted octanol–water partition coefficient (Wildman–Crippen LogP) is 3.88. The van der Waals surface area contributed by atoms with Crippen molar-refractivity contribution < 1.29 is 19.1 Å². The summed E-state index contributed by atoms with van der Waals surface area (Å²) >= 11 is 0. The Hall–Kier alpha value is -3.93. The van der Waals surface area contributed by atoms with Gasteiger partial charge in [0.15, 0.2) is 17.3 Å². The average molecular weight is 428 g/mol. The van der Waals surface area contributed by atoms with E-state index in [4.69, 9.17) is 9.47 Å². The number of carbonyl (C=O) groups excluding carboxylic acids is 2. The van der Waals surface area contributed by atoms with Crippen LogP contribution in [0.15, 0.2) is 78.5 Å². The smallest absolute Gasteiger partial charge is 0.238 e. The molecule has 0 saturated carbocycles. The lowest BCUT2D eigenvalue weighted by molar-refractivity contribution is -0.139. The minimum atomic E-state index is -0.956. The summed E-state index contributed by atoms with van der Waals surface area (Å²) in [4.78, 5) is 33.0. The quantitative estimate of drug-likeness (QED) is 0.440. The molecular formula is C26H24N2O4. The Morgan fingerprint density at radius 3 is 2.41 bits per heavy atom. The van der Waals surface area contributed by atoms with Crippen LogP contribution in [0, 0.1) is 0 Å². The number of benzene rings is 2. The van der Waals surface area contributed by atoms with Crippen molar-refractivity contribution in [1.82, 2.24) is 9.88 Å². The second-order valence-corrected chi connectivity index (χ2v) is 7.52. The van der Waals surface area contributed by atoms with Crippen LogP contribution in [0.2, 0.25) is 0 Å². The zero-order valence-electron chi connectivity index (χ0n) is 18.0. The number of methoxy groups -OCH3 is 2. The minimum absolute atomic E-state index is 0.225. The summed E-state index contributed by atoms with van der Waals surface area (Å²) in [7, 11) is 3.07. The number of piperidine rings is 1. The lowest BCUT2D eigenvalue weighted by Gasteiger charge is -2.33. The molecule has 0 aliphatic carbocycles. The first kappa shape index (κ1) is 21.3. The molecule has 2 aromatic carbocycles. The molecule has 162 valence electrons. The Morgan fingerprint density at radius 2 is 1.72 bits per heavy atom. The molecule has 2 heterocycles. The van der Waals surface area contributed by atoms with Gasteiger partial charge in [-0.15, -0.1) is 0 Å². The zero-order valence-corrected chi connectivity index (χ0v) is 18.0. The lowest BCUT2D eigenvalue weighted by Crippen LogP contribution is -2.45. The molecule has 0 radical (unpaired) electrons. The van der Waals surface area contributed by atoms with Gasteiger partial charge in [-0.25, -0.2) is 0 Å². The van der Waals surface area contributed by atoms with E-state index in [0.717, 1.165) is 5.56 Å². The Balaban J connectivity index is 1.75. The molecule has 0 bridgehead atoms. The molecular weight excluding hydrogens is 404 g/mol. The van der Waals surface area contributed by atoms with Crippen molar-refractivity contribution >= 4 is 17.8 Å². The first-order valence-corrected chi connectivity index (χ1v) is 10.3. The van der Waals surface area contributed by atoms with E-state index >= 15 is 0 Å². The molecule has 32 heavy (non-hydrogen) atoms. The van der Waals surface area contributed by atoms with Crippen molar-refractivity contribution in [3.63, 3.8) is 0 Å². The number of rotatable bonds is 6. The van der Waals surface area contributed by atoms with E-state index in [0.29, 0.717) is 34.9 Å². The number of likely N-dealkylation sites (tertiary alicyclic amines) is 1. The molecule has 1 fully saturated rings. The number of nitrogens with zero attached hydrogens (tertiary/aromatic N) is 2. The van der Waals surface area contributed by atoms with Crippen LogP contribution in [-0.4, -0.2) is 42.3 Å². The first-order chi connectivity index (χ1) is 15.6. The first-order valence-electron chi connectivity index (χ1n) is 10.3. The van der Waals surface area contributed by atoms with Crippen LogP contribution in [0.5, 0.6) is 11.5 Å². The van der Waals surface area contributed by atoms with Gasteiger partial charge in [-0.1, -0.05) is 42.5 Å². The molecule has 1 saturated heterocycles. The summed E-state index contributed by atoms with van der Waals surface area (Å²) in [6.45, 7) is 0.642. The Kier molecular flexibility index (Phi) is 6.31. The molecule has 1 unspecified atom stereocenters. The predicted molar refractivity (Wildman–Crippen MR) is 121 cm³/mol. The summed E-state index contributed by atoms with van der Waals surface area (Å²) in [6, 6.07) is 20.4. The average Bonchev–Trinajstić information content (AvgIpc) is 2.83. The summed E-state index contributed by atoms with van der Waals surface area (Å²) in [5.41, 5.74) is 2.79. The van der Waals surface area contributed by atoms with Gasteiger partial charge in [0.1, 0.15) is 5.92 Å². The van der Waals surface area contributed by atoms with Crippen molar-refractivity contribution in [3.05, 3.63) is 95.3 Å². The summed E-state index contributed by atoms with van der Waals surface area (Å²) in [5, 5.41) is 0. The molecule has 3 aromatic rings. The highest BCUT2D eigenvalue weighted by Gasteiger charge is 2.39. The van der Waals surface area contributed by atoms with Crippen LogP contribution in [-0.2, 0) is 16.1 Å². The maximum absolute atomic E-state index is 13.5. The maximum atomic E-state index is 13.5. The van der Waals surface area contributed by atoms with E-state index in [9.17, 15) is 9.59 Å². The molecule has 4 rings (SSSR count). The molecule has 6 heteroatoms.